The molecule has 0 fully saturated rings. The summed E-state index contributed by atoms with van der Waals surface area (Å²) < 4.78 is 29.9. The molecule has 1 rings (SSSR count). The molecule has 0 amide bonds. The molecule has 1 N–H and O–H groups in total. The van der Waals surface area contributed by atoms with Gasteiger partial charge in [0.2, 0.25) is 0 Å². The van der Waals surface area contributed by atoms with E-state index in [2.05, 4.69) is 0 Å². The van der Waals surface area contributed by atoms with Crippen molar-refractivity contribution < 1.29 is 18.1 Å². The highest BCUT2D eigenvalue weighted by Gasteiger charge is 2.14. The lowest BCUT2D eigenvalue weighted by molar-refractivity contribution is 0.177. The Morgan fingerprint density at radius 1 is 1.38 bits per heavy atom. The molecule has 0 aromatic heterocycles. The molecule has 0 saturated carbocycles. The van der Waals surface area contributed by atoms with Gasteiger partial charge in [0.1, 0.15) is 11.5 Å². The van der Waals surface area contributed by atoms with E-state index in [-0.39, 0.29) is 9.92 Å². The van der Waals surface area contributed by atoms with Gasteiger partial charge in [-0.1, -0.05) is 17.7 Å². The summed E-state index contributed by atoms with van der Waals surface area (Å²) in [7, 11) is -4.29. The number of rotatable bonds is 2. The quantitative estimate of drug-likeness (QED) is 0.770. The molecule has 1 radical (unpaired) electrons. The van der Waals surface area contributed by atoms with Crippen LogP contribution in [-0.2, 0) is 21.8 Å². The van der Waals surface area contributed by atoms with Crippen molar-refractivity contribution >= 4 is 21.7 Å². The molecule has 0 aliphatic carbocycles. The van der Waals surface area contributed by atoms with Gasteiger partial charge in [-0.2, -0.15) is 8.42 Å². The van der Waals surface area contributed by atoms with E-state index in [1.54, 1.807) is 0 Å². The fourth-order valence-corrected chi connectivity index (χ4v) is 1.88. The average molecular weight is 222 g/mol. The van der Waals surface area contributed by atoms with Crippen molar-refractivity contribution in [2.24, 2.45) is 0 Å². The monoisotopic (exact) mass is 221 g/mol. The van der Waals surface area contributed by atoms with Crippen LogP contribution in [0.15, 0.2) is 23.1 Å². The minimum atomic E-state index is -4.29. The zero-order valence-electron chi connectivity index (χ0n) is 6.40. The zero-order valence-corrected chi connectivity index (χ0v) is 7.97. The predicted molar refractivity (Wildman–Crippen MR) is 45.7 cm³/mol. The maximum atomic E-state index is 10.6. The van der Waals surface area contributed by atoms with Crippen LogP contribution in [-0.4, -0.2) is 13.0 Å². The largest absolute Gasteiger partial charge is 0.296 e. The maximum absolute atomic E-state index is 10.6. The van der Waals surface area contributed by atoms with Crippen molar-refractivity contribution in [2.75, 3.05) is 0 Å². The van der Waals surface area contributed by atoms with Gasteiger partial charge in [0.15, 0.2) is 0 Å². The van der Waals surface area contributed by atoms with Gasteiger partial charge in [-0.3, -0.25) is 4.55 Å². The summed E-state index contributed by atoms with van der Waals surface area (Å²) in [4.78, 5) is -0.383. The van der Waals surface area contributed by atoms with Crippen LogP contribution in [0.3, 0.4) is 0 Å². The third kappa shape index (κ3) is 2.41. The van der Waals surface area contributed by atoms with Crippen LogP contribution in [0.1, 0.15) is 5.56 Å². The van der Waals surface area contributed by atoms with E-state index in [9.17, 15) is 13.5 Å². The first-order chi connectivity index (χ1) is 5.95. The molecular weight excluding hydrogens is 216 g/mol. The Bertz CT molecular complexity index is 413. The van der Waals surface area contributed by atoms with E-state index in [0.29, 0.717) is 5.56 Å². The summed E-state index contributed by atoms with van der Waals surface area (Å²) >= 11 is 5.51. The Morgan fingerprint density at radius 2 is 2.00 bits per heavy atom. The number of benzene rings is 1. The van der Waals surface area contributed by atoms with Crippen molar-refractivity contribution in [1.82, 2.24) is 0 Å². The average Bonchev–Trinajstić information content (AvgIpc) is 2.01. The van der Waals surface area contributed by atoms with E-state index in [1.165, 1.54) is 12.1 Å². The molecule has 0 aliphatic rings. The minimum Gasteiger partial charge on any atom is -0.282 e. The smallest absolute Gasteiger partial charge is 0.282 e. The second-order valence-corrected chi connectivity index (χ2v) is 4.18. The topological polar surface area (TPSA) is 74.3 Å². The van der Waals surface area contributed by atoms with Gasteiger partial charge in [0.25, 0.3) is 10.1 Å². The van der Waals surface area contributed by atoms with E-state index in [4.69, 9.17) is 16.2 Å². The standard InChI is InChI=1S/C7H6ClO4S/c8-6-3-5(4-9)1-2-7(6)13(10,11)12/h1-3H,4H2,(H,10,11,12). The predicted octanol–water partition coefficient (Wildman–Crippen LogP) is 1.52. The van der Waals surface area contributed by atoms with Crippen molar-refractivity contribution in [3.63, 3.8) is 0 Å². The summed E-state index contributed by atoms with van der Waals surface area (Å²) in [5.41, 5.74) is 0.373. The minimum absolute atomic E-state index is 0.143. The Kier molecular flexibility index (Phi) is 2.92. The lowest BCUT2D eigenvalue weighted by Gasteiger charge is -2.01. The first-order valence-electron chi connectivity index (χ1n) is 3.29. The number of hydrogen-bond donors (Lipinski definition) is 1. The summed E-state index contributed by atoms with van der Waals surface area (Å²) in [6.45, 7) is -0.481. The highest BCUT2D eigenvalue weighted by molar-refractivity contribution is 7.86. The highest BCUT2D eigenvalue weighted by atomic mass is 35.5. The molecule has 0 bridgehead atoms. The molecule has 1 aromatic carbocycles. The van der Waals surface area contributed by atoms with Crippen molar-refractivity contribution in [3.8, 4) is 0 Å². The van der Waals surface area contributed by atoms with Gasteiger partial charge in [0, 0.05) is 0 Å². The molecule has 0 spiro atoms. The summed E-state index contributed by atoms with van der Waals surface area (Å²) in [6, 6.07) is 3.63. The molecule has 0 unspecified atom stereocenters. The molecule has 71 valence electrons. The molecule has 1 aromatic rings. The first-order valence-corrected chi connectivity index (χ1v) is 5.11. The third-order valence-corrected chi connectivity index (χ3v) is 2.78. The normalized spacial score (nSPS) is 11.6. The van der Waals surface area contributed by atoms with Crippen molar-refractivity contribution in [2.45, 2.75) is 11.5 Å². The fraction of sp³-hybridized carbons (Fsp3) is 0.143. The Hall–Kier alpha value is -0.620. The lowest BCUT2D eigenvalue weighted by atomic mass is 10.2. The van der Waals surface area contributed by atoms with Crippen molar-refractivity contribution in [1.29, 1.82) is 0 Å². The molecule has 0 heterocycles. The molecule has 0 saturated heterocycles. The molecule has 13 heavy (non-hydrogen) atoms. The van der Waals surface area contributed by atoms with Crippen LogP contribution in [0.4, 0.5) is 0 Å². The highest BCUT2D eigenvalue weighted by Crippen LogP contribution is 2.22. The van der Waals surface area contributed by atoms with Gasteiger partial charge >= 0.3 is 0 Å². The van der Waals surface area contributed by atoms with Crippen LogP contribution in [0.5, 0.6) is 0 Å². The number of halogens is 1. The van der Waals surface area contributed by atoms with Crippen LogP contribution < -0.4 is 0 Å². The second kappa shape index (κ2) is 3.63. The Balaban J connectivity index is 3.29. The van der Waals surface area contributed by atoms with Crippen LogP contribution in [0.2, 0.25) is 5.02 Å². The number of hydrogen-bond acceptors (Lipinski definition) is 2. The fourth-order valence-electron chi connectivity index (χ4n) is 0.843. The molecule has 0 aliphatic heterocycles. The van der Waals surface area contributed by atoms with Crippen molar-refractivity contribution in [3.05, 3.63) is 28.8 Å². The van der Waals surface area contributed by atoms with E-state index in [1.807, 2.05) is 0 Å². The SMILES string of the molecule is [O]Cc1ccc(S(=O)(=O)O)c(Cl)c1. The van der Waals surface area contributed by atoms with Crippen LogP contribution >= 0.6 is 11.6 Å². The molecule has 6 heteroatoms. The van der Waals surface area contributed by atoms with Crippen LogP contribution in [0, 0.1) is 0 Å². The van der Waals surface area contributed by atoms with Gasteiger partial charge in [-0.15, -0.1) is 0 Å². The second-order valence-electron chi connectivity index (χ2n) is 2.38. The van der Waals surface area contributed by atoms with Gasteiger partial charge in [-0.25, -0.2) is 5.11 Å². The lowest BCUT2D eigenvalue weighted by Crippen LogP contribution is -1.99. The van der Waals surface area contributed by atoms with E-state index in [0.717, 1.165) is 6.07 Å². The molecule has 0 atom stereocenters. The van der Waals surface area contributed by atoms with E-state index < -0.39 is 16.7 Å². The van der Waals surface area contributed by atoms with Crippen LogP contribution in [0.25, 0.3) is 0 Å². The summed E-state index contributed by atoms with van der Waals surface area (Å²) in [6.07, 6.45) is 0. The Morgan fingerprint density at radius 3 is 2.38 bits per heavy atom. The van der Waals surface area contributed by atoms with Gasteiger partial charge < -0.3 is 0 Å². The Labute approximate surface area is 80.5 Å². The van der Waals surface area contributed by atoms with Gasteiger partial charge in [0.05, 0.1) is 5.02 Å². The summed E-state index contributed by atoms with van der Waals surface area (Å²) in [5.74, 6) is 0. The summed E-state index contributed by atoms with van der Waals surface area (Å²) in [5, 5.41) is 10.2. The first kappa shape index (κ1) is 10.5. The maximum Gasteiger partial charge on any atom is 0.296 e. The third-order valence-electron chi connectivity index (χ3n) is 1.44. The zero-order chi connectivity index (χ0) is 10.1. The molecule has 4 nitrogen and oxygen atoms in total. The van der Waals surface area contributed by atoms with Gasteiger partial charge in [-0.05, 0) is 17.7 Å². The van der Waals surface area contributed by atoms with E-state index >= 15 is 0 Å². The molecular formula is C7H6ClO4S.